The Labute approximate surface area is 137 Å². The fourth-order valence-electron chi connectivity index (χ4n) is 2.14. The zero-order valence-electron chi connectivity index (χ0n) is 14.9. The summed E-state index contributed by atoms with van der Waals surface area (Å²) in [4.78, 5) is 12.1. The van der Waals surface area contributed by atoms with Crippen LogP contribution in [-0.2, 0) is 4.79 Å². The van der Waals surface area contributed by atoms with Gasteiger partial charge in [-0.2, -0.15) is 0 Å². The van der Waals surface area contributed by atoms with E-state index >= 15 is 0 Å². The lowest BCUT2D eigenvalue weighted by Gasteiger charge is -2.26. The maximum Gasteiger partial charge on any atom is 0.256 e. The Morgan fingerprint density at radius 1 is 0.957 bits per heavy atom. The molecule has 0 fully saturated rings. The Bertz CT molecular complexity index is 623. The second kappa shape index (κ2) is 6.24. The van der Waals surface area contributed by atoms with Gasteiger partial charge in [0, 0.05) is 16.7 Å². The predicted molar refractivity (Wildman–Crippen MR) is 91.5 cm³/mol. The van der Waals surface area contributed by atoms with Crippen LogP contribution >= 0.6 is 0 Å². The van der Waals surface area contributed by atoms with Gasteiger partial charge in [-0.15, -0.1) is 0 Å². The van der Waals surface area contributed by atoms with Crippen LogP contribution in [0.2, 0.25) is 0 Å². The third kappa shape index (κ3) is 4.26. The van der Waals surface area contributed by atoms with Gasteiger partial charge in [-0.1, -0.05) is 6.08 Å². The Balaban J connectivity index is 3.22. The van der Waals surface area contributed by atoms with Crippen LogP contribution in [0.15, 0.2) is 6.08 Å². The van der Waals surface area contributed by atoms with Gasteiger partial charge in [-0.25, -0.2) is 0 Å². The van der Waals surface area contributed by atoms with Crippen molar-refractivity contribution in [3.05, 3.63) is 28.3 Å². The van der Waals surface area contributed by atoms with Gasteiger partial charge in [-0.3, -0.25) is 4.79 Å². The fraction of sp³-hybridized carbons (Fsp3) is 0.500. The lowest BCUT2D eigenvalue weighted by Crippen LogP contribution is -2.50. The highest BCUT2D eigenvalue weighted by atomic mass is 16.3. The summed E-state index contributed by atoms with van der Waals surface area (Å²) in [6.07, 6.45) is 2.77. The average molecular weight is 321 g/mol. The van der Waals surface area contributed by atoms with Gasteiger partial charge in [0.05, 0.1) is 0 Å². The molecule has 23 heavy (non-hydrogen) atoms. The molecule has 1 atom stereocenters. The number of carbonyl (C=O) groups excluding carboxylic acids is 1. The number of hydrogen-bond acceptors (Lipinski definition) is 4. The quantitative estimate of drug-likeness (QED) is 0.644. The number of aromatic hydroxyl groups is 2. The second-order valence-corrected chi connectivity index (χ2v) is 7.17. The van der Waals surface area contributed by atoms with Crippen LogP contribution in [0.5, 0.6) is 11.5 Å². The number of nitrogens with one attached hydrogen (secondary N) is 1. The topological polar surface area (TPSA) is 89.8 Å². The van der Waals surface area contributed by atoms with Crippen LogP contribution in [0.25, 0.3) is 6.08 Å². The third-order valence-corrected chi connectivity index (χ3v) is 3.81. The smallest absolute Gasteiger partial charge is 0.256 e. The average Bonchev–Trinajstić information content (AvgIpc) is 2.41. The van der Waals surface area contributed by atoms with Gasteiger partial charge in [0.15, 0.2) is 5.60 Å². The fourth-order valence-corrected chi connectivity index (χ4v) is 2.14. The van der Waals surface area contributed by atoms with Crippen molar-refractivity contribution in [2.45, 2.75) is 59.6 Å². The maximum atomic E-state index is 12.1. The molecule has 1 aromatic rings. The molecular formula is C18H27NO4. The van der Waals surface area contributed by atoms with Gasteiger partial charge in [0.25, 0.3) is 5.91 Å². The first-order valence-corrected chi connectivity index (χ1v) is 7.54. The van der Waals surface area contributed by atoms with Crippen LogP contribution in [0.3, 0.4) is 0 Å². The van der Waals surface area contributed by atoms with Crippen molar-refractivity contribution >= 4 is 12.0 Å². The summed E-state index contributed by atoms with van der Waals surface area (Å²) in [5.41, 5.74) is -0.157. The molecule has 0 radical (unpaired) electrons. The normalized spacial score (nSPS) is 14.8. The summed E-state index contributed by atoms with van der Waals surface area (Å²) in [6, 6.07) is 0. The van der Waals surface area contributed by atoms with Crippen LogP contribution in [0, 0.1) is 20.8 Å². The molecule has 0 saturated heterocycles. The summed E-state index contributed by atoms with van der Waals surface area (Å²) in [6.45, 7) is 11.9. The van der Waals surface area contributed by atoms with Crippen molar-refractivity contribution in [1.29, 1.82) is 0 Å². The van der Waals surface area contributed by atoms with Crippen molar-refractivity contribution in [2.24, 2.45) is 0 Å². The summed E-state index contributed by atoms with van der Waals surface area (Å²) < 4.78 is 0. The van der Waals surface area contributed by atoms with Crippen molar-refractivity contribution in [2.75, 3.05) is 0 Å². The van der Waals surface area contributed by atoms with E-state index in [2.05, 4.69) is 5.32 Å². The van der Waals surface area contributed by atoms with E-state index in [1.165, 1.54) is 19.1 Å². The first-order chi connectivity index (χ1) is 10.3. The number of phenols is 2. The lowest BCUT2D eigenvalue weighted by molar-refractivity contribution is -0.135. The molecule has 128 valence electrons. The molecule has 1 unspecified atom stereocenters. The minimum absolute atomic E-state index is 0.0288. The number of rotatable bonds is 3. The third-order valence-electron chi connectivity index (χ3n) is 3.81. The molecule has 0 aliphatic heterocycles. The van der Waals surface area contributed by atoms with Crippen molar-refractivity contribution < 1.29 is 20.1 Å². The molecule has 0 saturated carbocycles. The monoisotopic (exact) mass is 321 g/mol. The molecule has 5 heteroatoms. The summed E-state index contributed by atoms with van der Waals surface area (Å²) >= 11 is 0. The molecule has 5 nitrogen and oxygen atoms in total. The number of hydrogen-bond donors (Lipinski definition) is 4. The highest BCUT2D eigenvalue weighted by Gasteiger charge is 2.30. The first-order valence-electron chi connectivity index (χ1n) is 7.54. The minimum atomic E-state index is -1.74. The highest BCUT2D eigenvalue weighted by Crippen LogP contribution is 2.37. The summed E-state index contributed by atoms with van der Waals surface area (Å²) in [5.74, 6) is -0.411. The van der Waals surface area contributed by atoms with E-state index < -0.39 is 17.0 Å². The van der Waals surface area contributed by atoms with E-state index in [4.69, 9.17) is 0 Å². The van der Waals surface area contributed by atoms with E-state index in [0.29, 0.717) is 22.3 Å². The zero-order chi connectivity index (χ0) is 18.2. The standard InChI is InChI=1S/C18H27NO4/c1-10-11(2)15(21)13(12(3)14(10)20)8-9-18(7,23)16(22)19-17(4,5)6/h8-9,20-21,23H,1-7H3,(H,19,22). The number of aliphatic hydroxyl groups is 1. The van der Waals surface area contributed by atoms with Crippen molar-refractivity contribution in [3.8, 4) is 11.5 Å². The first kappa shape index (κ1) is 19.0. The zero-order valence-corrected chi connectivity index (χ0v) is 14.9. The maximum absolute atomic E-state index is 12.1. The van der Waals surface area contributed by atoms with Crippen molar-refractivity contribution in [3.63, 3.8) is 0 Å². The molecule has 1 aromatic carbocycles. The molecule has 4 N–H and O–H groups in total. The highest BCUT2D eigenvalue weighted by molar-refractivity contribution is 5.88. The molecule has 0 bridgehead atoms. The molecule has 0 spiro atoms. The summed E-state index contributed by atoms with van der Waals surface area (Å²) in [7, 11) is 0. The van der Waals surface area contributed by atoms with E-state index in [-0.39, 0.29) is 11.5 Å². The number of amides is 1. The van der Waals surface area contributed by atoms with E-state index in [9.17, 15) is 20.1 Å². The second-order valence-electron chi connectivity index (χ2n) is 7.17. The Hall–Kier alpha value is -2.01. The van der Waals surface area contributed by atoms with Gasteiger partial charge in [-0.05, 0) is 65.7 Å². The molecule has 0 aliphatic rings. The molecule has 1 amide bonds. The van der Waals surface area contributed by atoms with E-state index in [0.717, 1.165) is 0 Å². The van der Waals surface area contributed by atoms with Crippen LogP contribution in [-0.4, -0.2) is 32.4 Å². The lowest BCUT2D eigenvalue weighted by atomic mass is 9.95. The molecule has 1 rings (SSSR count). The van der Waals surface area contributed by atoms with Crippen LogP contribution < -0.4 is 5.32 Å². The predicted octanol–water partition coefficient (Wildman–Crippen LogP) is 2.70. The van der Waals surface area contributed by atoms with E-state index in [1.54, 1.807) is 20.8 Å². The number of benzene rings is 1. The summed E-state index contributed by atoms with van der Waals surface area (Å²) in [5, 5.41) is 33.4. The van der Waals surface area contributed by atoms with Gasteiger partial charge >= 0.3 is 0 Å². The Morgan fingerprint density at radius 3 is 1.91 bits per heavy atom. The molecule has 0 aromatic heterocycles. The van der Waals surface area contributed by atoms with Gasteiger partial charge in [0.2, 0.25) is 0 Å². The van der Waals surface area contributed by atoms with Crippen LogP contribution in [0.1, 0.15) is 49.9 Å². The van der Waals surface area contributed by atoms with Crippen LogP contribution in [0.4, 0.5) is 0 Å². The largest absolute Gasteiger partial charge is 0.507 e. The number of phenolic OH excluding ortho intramolecular Hbond substituents is 2. The van der Waals surface area contributed by atoms with Crippen molar-refractivity contribution in [1.82, 2.24) is 5.32 Å². The minimum Gasteiger partial charge on any atom is -0.507 e. The SMILES string of the molecule is Cc1c(C)c(O)c(C=CC(C)(O)C(=O)NC(C)(C)C)c(C)c1O. The van der Waals surface area contributed by atoms with Gasteiger partial charge in [0.1, 0.15) is 11.5 Å². The Morgan fingerprint density at radius 2 is 1.43 bits per heavy atom. The molecular weight excluding hydrogens is 294 g/mol. The number of carbonyl (C=O) groups is 1. The van der Waals surface area contributed by atoms with E-state index in [1.807, 2.05) is 20.8 Å². The molecule has 0 aliphatic carbocycles. The van der Waals surface area contributed by atoms with Gasteiger partial charge < -0.3 is 20.6 Å². The molecule has 0 heterocycles. The Kier molecular flexibility index (Phi) is 5.16.